The van der Waals surface area contributed by atoms with Gasteiger partial charge in [0.1, 0.15) is 0 Å². The smallest absolute Gasteiger partial charge is 0.390 e. The van der Waals surface area contributed by atoms with Crippen LogP contribution in [0.3, 0.4) is 0 Å². The first-order valence-electron chi connectivity index (χ1n) is 9.51. The lowest BCUT2D eigenvalue weighted by atomic mass is 9.85. The van der Waals surface area contributed by atoms with E-state index >= 15 is 0 Å². The van der Waals surface area contributed by atoms with E-state index in [2.05, 4.69) is 5.32 Å². The van der Waals surface area contributed by atoms with E-state index in [1.165, 1.54) is 36.4 Å². The van der Waals surface area contributed by atoms with Crippen molar-refractivity contribution in [2.75, 3.05) is 5.32 Å². The Hall–Kier alpha value is -2.25. The van der Waals surface area contributed by atoms with Crippen molar-refractivity contribution in [3.8, 4) is 0 Å². The van der Waals surface area contributed by atoms with E-state index in [4.69, 9.17) is 23.2 Å². The first kappa shape index (κ1) is 25.0. The van der Waals surface area contributed by atoms with Gasteiger partial charge in [-0.05, 0) is 47.2 Å². The highest BCUT2D eigenvalue weighted by Gasteiger charge is 2.36. The summed E-state index contributed by atoms with van der Waals surface area (Å²) in [6.07, 6.45) is -6.06. The lowest BCUT2D eigenvalue weighted by molar-refractivity contribution is -0.146. The average molecular weight is 476 g/mol. The minimum atomic E-state index is -4.57. The van der Waals surface area contributed by atoms with Crippen molar-refractivity contribution >= 4 is 40.8 Å². The zero-order valence-electron chi connectivity index (χ0n) is 16.8. The minimum absolute atomic E-state index is 0.0205. The lowest BCUT2D eigenvalue weighted by Crippen LogP contribution is -2.26. The van der Waals surface area contributed by atoms with Crippen LogP contribution in [0.5, 0.6) is 0 Å². The van der Waals surface area contributed by atoms with Gasteiger partial charge in [-0.2, -0.15) is 13.2 Å². The number of carboxylic acids is 1. The van der Waals surface area contributed by atoms with Crippen LogP contribution in [0, 0.1) is 5.92 Å². The molecule has 2 aromatic rings. The fraction of sp³-hybridized carbons (Fsp3) is 0.364. The van der Waals surface area contributed by atoms with Gasteiger partial charge in [0.05, 0.1) is 29.5 Å². The third-order valence-electron chi connectivity index (χ3n) is 4.90. The van der Waals surface area contributed by atoms with Gasteiger partial charge < -0.3 is 10.4 Å². The van der Waals surface area contributed by atoms with Gasteiger partial charge in [-0.25, -0.2) is 0 Å². The number of hydrogen-bond donors (Lipinski definition) is 2. The van der Waals surface area contributed by atoms with E-state index in [9.17, 15) is 27.9 Å². The number of carboxylic acid groups (broad SMARTS) is 1. The Kier molecular flexibility index (Phi) is 8.37. The van der Waals surface area contributed by atoms with E-state index < -0.39 is 30.4 Å². The topological polar surface area (TPSA) is 66.4 Å². The molecule has 9 heteroatoms. The Morgan fingerprint density at radius 3 is 2.13 bits per heavy atom. The Labute approximate surface area is 188 Å². The number of carbonyl (C=O) groups is 2. The molecule has 0 radical (unpaired) electrons. The van der Waals surface area contributed by atoms with Crippen molar-refractivity contribution in [1.82, 2.24) is 0 Å². The molecule has 2 aromatic carbocycles. The van der Waals surface area contributed by atoms with Gasteiger partial charge in [0.2, 0.25) is 5.91 Å². The second-order valence-corrected chi connectivity index (χ2v) is 8.44. The highest BCUT2D eigenvalue weighted by Crippen LogP contribution is 2.36. The van der Waals surface area contributed by atoms with Crippen molar-refractivity contribution in [1.29, 1.82) is 0 Å². The van der Waals surface area contributed by atoms with Gasteiger partial charge in [-0.15, -0.1) is 0 Å². The largest absolute Gasteiger partial charge is 0.481 e. The average Bonchev–Trinajstić information content (AvgIpc) is 2.66. The molecule has 0 saturated carbocycles. The van der Waals surface area contributed by atoms with Crippen LogP contribution in [0.2, 0.25) is 10.0 Å². The Morgan fingerprint density at radius 1 is 1.03 bits per heavy atom. The summed E-state index contributed by atoms with van der Waals surface area (Å²) >= 11 is 12.0. The number of amides is 1. The summed E-state index contributed by atoms with van der Waals surface area (Å²) in [6.45, 7) is 3.72. The van der Waals surface area contributed by atoms with Crippen molar-refractivity contribution in [3.63, 3.8) is 0 Å². The molecule has 0 aliphatic rings. The lowest BCUT2D eigenvalue weighted by Gasteiger charge is -2.22. The summed E-state index contributed by atoms with van der Waals surface area (Å²) in [7, 11) is 0. The predicted octanol–water partition coefficient (Wildman–Crippen LogP) is 6.88. The molecule has 2 atom stereocenters. The fourth-order valence-electron chi connectivity index (χ4n) is 3.30. The van der Waals surface area contributed by atoms with Gasteiger partial charge in [0, 0.05) is 5.02 Å². The van der Waals surface area contributed by atoms with Crippen molar-refractivity contribution in [3.05, 3.63) is 63.6 Å². The molecule has 2 rings (SSSR count). The molecule has 2 N–H and O–H groups in total. The van der Waals surface area contributed by atoms with E-state index in [1.54, 1.807) is 6.07 Å². The molecular formula is C22H22Cl2F3NO3. The van der Waals surface area contributed by atoms with E-state index in [1.807, 2.05) is 13.8 Å². The molecule has 168 valence electrons. The van der Waals surface area contributed by atoms with Crippen LogP contribution in [-0.4, -0.2) is 23.2 Å². The second kappa shape index (κ2) is 10.4. The minimum Gasteiger partial charge on any atom is -0.481 e. The second-order valence-electron chi connectivity index (χ2n) is 7.60. The van der Waals surface area contributed by atoms with Crippen LogP contribution >= 0.6 is 23.2 Å². The molecule has 0 heterocycles. The Bertz CT molecular complexity index is 931. The number of rotatable bonds is 8. The number of hydrogen-bond acceptors (Lipinski definition) is 2. The number of carbonyl (C=O) groups excluding carboxylic acids is 1. The molecule has 0 spiro atoms. The molecule has 0 fully saturated rings. The molecule has 1 amide bonds. The molecule has 31 heavy (non-hydrogen) atoms. The van der Waals surface area contributed by atoms with E-state index in [0.717, 1.165) is 0 Å². The van der Waals surface area contributed by atoms with E-state index in [0.29, 0.717) is 10.6 Å². The van der Waals surface area contributed by atoms with Crippen LogP contribution in [0.4, 0.5) is 18.9 Å². The van der Waals surface area contributed by atoms with Crippen LogP contribution in [0.15, 0.2) is 42.5 Å². The summed E-state index contributed by atoms with van der Waals surface area (Å²) in [4.78, 5) is 24.0. The van der Waals surface area contributed by atoms with Gasteiger partial charge in [0.25, 0.3) is 0 Å². The highest BCUT2D eigenvalue weighted by molar-refractivity contribution is 6.33. The number of aliphatic carboxylic acids is 1. The monoisotopic (exact) mass is 475 g/mol. The summed E-state index contributed by atoms with van der Waals surface area (Å²) in [5, 5.41) is 12.1. The highest BCUT2D eigenvalue weighted by atomic mass is 35.5. The summed E-state index contributed by atoms with van der Waals surface area (Å²) in [6, 6.07) is 10.2. The van der Waals surface area contributed by atoms with E-state index in [-0.39, 0.29) is 34.5 Å². The molecule has 0 aliphatic heterocycles. The Morgan fingerprint density at radius 2 is 1.61 bits per heavy atom. The van der Waals surface area contributed by atoms with Crippen LogP contribution < -0.4 is 5.32 Å². The normalized spacial score (nSPS) is 13.7. The molecule has 0 bridgehead atoms. The maximum atomic E-state index is 13.1. The zero-order valence-corrected chi connectivity index (χ0v) is 18.4. The predicted molar refractivity (Wildman–Crippen MR) is 115 cm³/mol. The molecule has 0 saturated heterocycles. The van der Waals surface area contributed by atoms with Crippen molar-refractivity contribution in [2.45, 2.75) is 44.7 Å². The van der Waals surface area contributed by atoms with Gasteiger partial charge in [-0.3, -0.25) is 9.59 Å². The van der Waals surface area contributed by atoms with Gasteiger partial charge in [0.15, 0.2) is 0 Å². The third kappa shape index (κ3) is 7.43. The number of nitrogens with one attached hydrogen (secondary N) is 1. The quantitative estimate of drug-likeness (QED) is 0.437. The van der Waals surface area contributed by atoms with Crippen LogP contribution in [0.1, 0.15) is 49.7 Å². The number of alkyl halides is 3. The van der Waals surface area contributed by atoms with Gasteiger partial charge >= 0.3 is 12.1 Å². The molecule has 0 aliphatic carbocycles. The van der Waals surface area contributed by atoms with Crippen LogP contribution in [0.25, 0.3) is 0 Å². The van der Waals surface area contributed by atoms with Gasteiger partial charge in [-0.1, -0.05) is 55.2 Å². The first-order valence-corrected chi connectivity index (χ1v) is 10.3. The molecule has 4 nitrogen and oxygen atoms in total. The molecule has 0 aromatic heterocycles. The van der Waals surface area contributed by atoms with Crippen LogP contribution in [-0.2, 0) is 9.59 Å². The standard InChI is InChI=1S/C22H22Cl2F3NO3/c1-12(2)16(10-20(29)30)14-5-8-18(24)19(9-14)28-21(31)17(11-22(25,26)27)13-3-6-15(23)7-4-13/h3-9,12,16-17H,10-11H2,1-2H3,(H,28,31)(H,29,30)/t16?,17-/m0/s1. The maximum absolute atomic E-state index is 13.1. The third-order valence-corrected chi connectivity index (χ3v) is 5.48. The van der Waals surface area contributed by atoms with Crippen molar-refractivity contribution < 1.29 is 27.9 Å². The Balaban J connectivity index is 2.36. The number of anilines is 1. The SMILES string of the molecule is CC(C)C(CC(=O)O)c1ccc(Cl)c(NC(=O)[C@@H](CC(F)(F)F)c2ccc(Cl)cc2)c1. The molecular weight excluding hydrogens is 454 g/mol. The zero-order chi connectivity index (χ0) is 23.3. The summed E-state index contributed by atoms with van der Waals surface area (Å²) in [5.41, 5.74) is 0.912. The fourth-order valence-corrected chi connectivity index (χ4v) is 3.59. The summed E-state index contributed by atoms with van der Waals surface area (Å²) < 4.78 is 39.4. The maximum Gasteiger partial charge on any atom is 0.390 e. The number of halogens is 5. The number of benzene rings is 2. The summed E-state index contributed by atoms with van der Waals surface area (Å²) in [5.74, 6) is -3.73. The van der Waals surface area contributed by atoms with Crippen molar-refractivity contribution in [2.24, 2.45) is 5.92 Å². The molecule has 1 unspecified atom stereocenters. The first-order chi connectivity index (χ1) is 14.4.